The first-order valence-electron chi connectivity index (χ1n) is 7.76. The zero-order valence-corrected chi connectivity index (χ0v) is 13.2. The number of aromatic nitrogens is 1. The molecule has 1 fully saturated rings. The van der Waals surface area contributed by atoms with Gasteiger partial charge in [0, 0.05) is 24.9 Å². The van der Waals surface area contributed by atoms with E-state index >= 15 is 0 Å². The van der Waals surface area contributed by atoms with Crippen LogP contribution in [0.1, 0.15) is 55.7 Å². The van der Waals surface area contributed by atoms with Gasteiger partial charge >= 0.3 is 5.97 Å². The SMILES string of the molecule is CCC1(CC)CC(NCc2ccc(C(=O)OC)[nH]2)CCO1. The molecule has 0 spiro atoms. The van der Waals surface area contributed by atoms with E-state index < -0.39 is 0 Å². The normalized spacial score (nSPS) is 21.2. The molecule has 0 radical (unpaired) electrons. The summed E-state index contributed by atoms with van der Waals surface area (Å²) in [5.74, 6) is -0.330. The van der Waals surface area contributed by atoms with Gasteiger partial charge in [-0.3, -0.25) is 0 Å². The number of aromatic amines is 1. The number of methoxy groups -OCH3 is 1. The van der Waals surface area contributed by atoms with Gasteiger partial charge in [0.05, 0.1) is 12.7 Å². The fourth-order valence-corrected chi connectivity index (χ4v) is 2.97. The van der Waals surface area contributed by atoms with Gasteiger partial charge in [-0.05, 0) is 37.8 Å². The van der Waals surface area contributed by atoms with E-state index in [1.807, 2.05) is 6.07 Å². The van der Waals surface area contributed by atoms with Gasteiger partial charge in [0.2, 0.25) is 0 Å². The Hall–Kier alpha value is -1.33. The Labute approximate surface area is 126 Å². The maximum absolute atomic E-state index is 11.4. The van der Waals surface area contributed by atoms with Crippen LogP contribution in [0.15, 0.2) is 12.1 Å². The zero-order chi connectivity index (χ0) is 15.3. The van der Waals surface area contributed by atoms with Crippen LogP contribution in [0.5, 0.6) is 0 Å². The van der Waals surface area contributed by atoms with E-state index in [0.29, 0.717) is 11.7 Å². The van der Waals surface area contributed by atoms with Crippen molar-refractivity contribution < 1.29 is 14.3 Å². The second-order valence-corrected chi connectivity index (χ2v) is 5.70. The third kappa shape index (κ3) is 3.86. The van der Waals surface area contributed by atoms with Gasteiger partial charge in [0.25, 0.3) is 0 Å². The highest BCUT2D eigenvalue weighted by molar-refractivity contribution is 5.87. The van der Waals surface area contributed by atoms with Gasteiger partial charge in [0.1, 0.15) is 5.69 Å². The molecule has 118 valence electrons. The van der Waals surface area contributed by atoms with Gasteiger partial charge in [-0.1, -0.05) is 13.8 Å². The second-order valence-electron chi connectivity index (χ2n) is 5.70. The van der Waals surface area contributed by atoms with Crippen molar-refractivity contribution in [1.29, 1.82) is 0 Å². The maximum atomic E-state index is 11.4. The number of ether oxygens (including phenoxy) is 2. The summed E-state index contributed by atoms with van der Waals surface area (Å²) in [5.41, 5.74) is 1.53. The van der Waals surface area contributed by atoms with Crippen molar-refractivity contribution in [3.05, 3.63) is 23.5 Å². The summed E-state index contributed by atoms with van der Waals surface area (Å²) >= 11 is 0. The largest absolute Gasteiger partial charge is 0.464 e. The molecule has 21 heavy (non-hydrogen) atoms. The quantitative estimate of drug-likeness (QED) is 0.792. The van der Waals surface area contributed by atoms with Crippen molar-refractivity contribution in [2.45, 2.75) is 57.7 Å². The topological polar surface area (TPSA) is 63.3 Å². The maximum Gasteiger partial charge on any atom is 0.354 e. The molecule has 1 aromatic heterocycles. The number of nitrogens with one attached hydrogen (secondary N) is 2. The summed E-state index contributed by atoms with van der Waals surface area (Å²) in [4.78, 5) is 14.5. The number of hydrogen-bond acceptors (Lipinski definition) is 4. The van der Waals surface area contributed by atoms with Crippen molar-refractivity contribution in [2.75, 3.05) is 13.7 Å². The smallest absolute Gasteiger partial charge is 0.354 e. The van der Waals surface area contributed by atoms with Crippen LogP contribution in [0.4, 0.5) is 0 Å². The first-order valence-corrected chi connectivity index (χ1v) is 7.76. The molecule has 0 amide bonds. The molecule has 2 rings (SSSR count). The first kappa shape index (κ1) is 16.0. The molecule has 5 nitrogen and oxygen atoms in total. The molecule has 0 aromatic carbocycles. The van der Waals surface area contributed by atoms with Crippen LogP contribution < -0.4 is 5.32 Å². The number of hydrogen-bond donors (Lipinski definition) is 2. The van der Waals surface area contributed by atoms with E-state index in [2.05, 4.69) is 24.1 Å². The minimum absolute atomic E-state index is 0.0306. The number of carbonyl (C=O) groups is 1. The molecule has 2 N–H and O–H groups in total. The van der Waals surface area contributed by atoms with Crippen LogP contribution in [0.3, 0.4) is 0 Å². The fourth-order valence-electron chi connectivity index (χ4n) is 2.97. The van der Waals surface area contributed by atoms with Crippen LogP contribution >= 0.6 is 0 Å². The van der Waals surface area contributed by atoms with Crippen molar-refractivity contribution in [3.63, 3.8) is 0 Å². The highest BCUT2D eigenvalue weighted by Crippen LogP contribution is 2.31. The summed E-state index contributed by atoms with van der Waals surface area (Å²) in [7, 11) is 1.39. The first-order chi connectivity index (χ1) is 10.1. The third-order valence-electron chi connectivity index (χ3n) is 4.51. The van der Waals surface area contributed by atoms with Gasteiger partial charge < -0.3 is 19.8 Å². The van der Waals surface area contributed by atoms with Gasteiger partial charge in [0.15, 0.2) is 0 Å². The molecule has 1 aromatic rings. The zero-order valence-electron chi connectivity index (χ0n) is 13.2. The van der Waals surface area contributed by atoms with E-state index in [9.17, 15) is 4.79 Å². The Kier molecular flexibility index (Phi) is 5.42. The molecule has 1 saturated heterocycles. The van der Waals surface area contributed by atoms with Crippen LogP contribution in [0.25, 0.3) is 0 Å². The number of carbonyl (C=O) groups excluding carboxylic acids is 1. The minimum Gasteiger partial charge on any atom is -0.464 e. The van der Waals surface area contributed by atoms with Crippen LogP contribution in [0, 0.1) is 0 Å². The molecule has 1 aliphatic rings. The standard InChI is InChI=1S/C16H26N2O3/c1-4-16(5-2)10-12(8-9-21-16)17-11-13-6-7-14(18-13)15(19)20-3/h6-7,12,17-18H,4-5,8-11H2,1-3H3. The Morgan fingerprint density at radius 3 is 2.90 bits per heavy atom. The summed E-state index contributed by atoms with van der Waals surface area (Å²) in [6, 6.07) is 4.14. The average Bonchev–Trinajstić information content (AvgIpc) is 3.01. The lowest BCUT2D eigenvalue weighted by Crippen LogP contribution is -2.46. The molecular formula is C16H26N2O3. The Balaban J connectivity index is 1.88. The number of esters is 1. The molecule has 2 heterocycles. The minimum atomic E-state index is -0.330. The molecule has 1 aliphatic heterocycles. The average molecular weight is 294 g/mol. The second kappa shape index (κ2) is 7.09. The van der Waals surface area contributed by atoms with E-state index in [1.54, 1.807) is 6.07 Å². The Morgan fingerprint density at radius 1 is 1.48 bits per heavy atom. The van der Waals surface area contributed by atoms with E-state index in [-0.39, 0.29) is 11.6 Å². The lowest BCUT2D eigenvalue weighted by Gasteiger charge is -2.40. The van der Waals surface area contributed by atoms with Crippen molar-refractivity contribution in [2.24, 2.45) is 0 Å². The Bertz CT molecular complexity index is 466. The molecule has 0 aliphatic carbocycles. The predicted octanol–water partition coefficient (Wildman–Crippen LogP) is 2.63. The van der Waals surface area contributed by atoms with Crippen molar-refractivity contribution >= 4 is 5.97 Å². The summed E-state index contributed by atoms with van der Waals surface area (Å²) in [6.45, 7) is 5.93. The van der Waals surface area contributed by atoms with Crippen molar-refractivity contribution in [3.8, 4) is 0 Å². The van der Waals surface area contributed by atoms with E-state index in [4.69, 9.17) is 9.47 Å². The summed E-state index contributed by atoms with van der Waals surface area (Å²) < 4.78 is 10.7. The van der Waals surface area contributed by atoms with Crippen molar-refractivity contribution in [1.82, 2.24) is 10.3 Å². The fraction of sp³-hybridized carbons (Fsp3) is 0.688. The predicted molar refractivity (Wildman–Crippen MR) is 81.3 cm³/mol. The highest BCUT2D eigenvalue weighted by atomic mass is 16.5. The number of rotatable bonds is 6. The van der Waals surface area contributed by atoms with Gasteiger partial charge in [-0.25, -0.2) is 4.79 Å². The van der Waals surface area contributed by atoms with E-state index in [1.165, 1.54) is 7.11 Å². The highest BCUT2D eigenvalue weighted by Gasteiger charge is 2.34. The Morgan fingerprint density at radius 2 is 2.24 bits per heavy atom. The number of H-pyrrole nitrogens is 1. The van der Waals surface area contributed by atoms with Crippen LogP contribution in [-0.2, 0) is 16.0 Å². The van der Waals surface area contributed by atoms with Gasteiger partial charge in [-0.15, -0.1) is 0 Å². The monoisotopic (exact) mass is 294 g/mol. The molecule has 0 bridgehead atoms. The third-order valence-corrected chi connectivity index (χ3v) is 4.51. The lowest BCUT2D eigenvalue weighted by molar-refractivity contribution is -0.0932. The van der Waals surface area contributed by atoms with Gasteiger partial charge in [-0.2, -0.15) is 0 Å². The van der Waals surface area contributed by atoms with E-state index in [0.717, 1.165) is 44.5 Å². The molecule has 1 unspecified atom stereocenters. The molecule has 1 atom stereocenters. The molecular weight excluding hydrogens is 268 g/mol. The molecule has 5 heteroatoms. The van der Waals surface area contributed by atoms with Crippen LogP contribution in [0.2, 0.25) is 0 Å². The van der Waals surface area contributed by atoms with Crippen LogP contribution in [-0.4, -0.2) is 36.3 Å². The summed E-state index contributed by atoms with van der Waals surface area (Å²) in [6.07, 6.45) is 4.18. The summed E-state index contributed by atoms with van der Waals surface area (Å²) in [5, 5.41) is 3.57. The molecule has 0 saturated carbocycles. The lowest BCUT2D eigenvalue weighted by atomic mass is 9.86.